The highest BCUT2D eigenvalue weighted by atomic mass is 16.6. The second-order valence-corrected chi connectivity index (χ2v) is 6.79. The van der Waals surface area contributed by atoms with Crippen LogP contribution in [-0.2, 0) is 11.3 Å². The Morgan fingerprint density at radius 2 is 2.04 bits per heavy atom. The Bertz CT molecular complexity index is 688. The molecule has 24 heavy (non-hydrogen) atoms. The van der Waals surface area contributed by atoms with E-state index in [0.717, 1.165) is 16.8 Å². The van der Waals surface area contributed by atoms with Crippen molar-refractivity contribution < 1.29 is 9.53 Å². The van der Waals surface area contributed by atoms with Gasteiger partial charge in [0.1, 0.15) is 17.6 Å². The molecule has 2 heterocycles. The molecule has 0 aliphatic carbocycles. The zero-order valence-electron chi connectivity index (χ0n) is 14.1. The van der Waals surface area contributed by atoms with Gasteiger partial charge in [0.2, 0.25) is 0 Å². The van der Waals surface area contributed by atoms with Gasteiger partial charge in [0.05, 0.1) is 0 Å². The third kappa shape index (κ3) is 3.46. The second-order valence-electron chi connectivity index (χ2n) is 6.79. The van der Waals surface area contributed by atoms with E-state index in [1.54, 1.807) is 0 Å². The number of anilines is 1. The molecule has 1 amide bonds. The quantitative estimate of drug-likeness (QED) is 0.674. The molecule has 0 saturated heterocycles. The molecule has 0 aromatic heterocycles. The molecule has 0 fully saturated rings. The summed E-state index contributed by atoms with van der Waals surface area (Å²) in [4.78, 5) is 13.8. The van der Waals surface area contributed by atoms with Crippen molar-refractivity contribution in [2.24, 2.45) is 5.73 Å². The number of ether oxygens (including phenoxy) is 1. The summed E-state index contributed by atoms with van der Waals surface area (Å²) in [5, 5.41) is 2.75. The van der Waals surface area contributed by atoms with Gasteiger partial charge in [-0.15, -0.1) is 0 Å². The SMILES string of the molecule is CC(C)(C)OC(=O)NCc1ccc(N2C=CC3=C(N)NNC32)cc1. The Morgan fingerprint density at radius 1 is 1.33 bits per heavy atom. The fourth-order valence-electron chi connectivity index (χ4n) is 2.60. The van der Waals surface area contributed by atoms with E-state index in [2.05, 4.69) is 21.1 Å². The standard InChI is InChI=1S/C17H23N5O2/c1-17(2,3)24-16(23)19-10-11-4-6-12(7-5-11)22-9-8-13-14(18)20-21-15(13)22/h4-9,15,20-21H,10,18H2,1-3H3,(H,19,23). The maximum Gasteiger partial charge on any atom is 0.407 e. The maximum atomic E-state index is 11.7. The molecule has 0 radical (unpaired) electrons. The first-order valence-corrected chi connectivity index (χ1v) is 7.87. The third-order valence-electron chi connectivity index (χ3n) is 3.71. The van der Waals surface area contributed by atoms with Crippen LogP contribution in [0.25, 0.3) is 0 Å². The van der Waals surface area contributed by atoms with Crippen LogP contribution in [0.3, 0.4) is 0 Å². The van der Waals surface area contributed by atoms with Gasteiger partial charge in [-0.25, -0.2) is 10.2 Å². The van der Waals surface area contributed by atoms with Crippen molar-refractivity contribution in [1.82, 2.24) is 16.2 Å². The minimum Gasteiger partial charge on any atom is -0.444 e. The fourth-order valence-corrected chi connectivity index (χ4v) is 2.60. The van der Waals surface area contributed by atoms with Crippen LogP contribution in [0.2, 0.25) is 0 Å². The monoisotopic (exact) mass is 329 g/mol. The zero-order chi connectivity index (χ0) is 17.3. The Balaban J connectivity index is 1.59. The van der Waals surface area contributed by atoms with E-state index in [-0.39, 0.29) is 6.17 Å². The Hall–Kier alpha value is -2.67. The highest BCUT2D eigenvalue weighted by molar-refractivity contribution is 5.67. The lowest BCUT2D eigenvalue weighted by molar-refractivity contribution is 0.0523. The van der Waals surface area contributed by atoms with E-state index in [9.17, 15) is 4.79 Å². The highest BCUT2D eigenvalue weighted by Crippen LogP contribution is 2.28. The summed E-state index contributed by atoms with van der Waals surface area (Å²) < 4.78 is 5.22. The van der Waals surface area contributed by atoms with Gasteiger partial charge in [-0.2, -0.15) is 0 Å². The van der Waals surface area contributed by atoms with Gasteiger partial charge in [-0.3, -0.25) is 0 Å². The van der Waals surface area contributed by atoms with E-state index in [1.165, 1.54) is 0 Å². The number of rotatable bonds is 3. The average molecular weight is 329 g/mol. The number of nitrogens with one attached hydrogen (secondary N) is 3. The van der Waals surface area contributed by atoms with E-state index < -0.39 is 11.7 Å². The van der Waals surface area contributed by atoms with Crippen molar-refractivity contribution in [3.63, 3.8) is 0 Å². The summed E-state index contributed by atoms with van der Waals surface area (Å²) in [5.74, 6) is 0.650. The van der Waals surface area contributed by atoms with Gasteiger partial charge in [0.25, 0.3) is 0 Å². The molecular formula is C17H23N5O2. The highest BCUT2D eigenvalue weighted by Gasteiger charge is 2.31. The Kier molecular flexibility index (Phi) is 4.11. The van der Waals surface area contributed by atoms with Gasteiger partial charge < -0.3 is 26.1 Å². The van der Waals surface area contributed by atoms with Crippen LogP contribution in [-0.4, -0.2) is 17.9 Å². The van der Waals surface area contributed by atoms with E-state index in [1.807, 2.05) is 57.3 Å². The van der Waals surface area contributed by atoms with Crippen molar-refractivity contribution in [3.05, 3.63) is 53.5 Å². The van der Waals surface area contributed by atoms with Crippen LogP contribution in [0.15, 0.2) is 47.9 Å². The molecule has 1 aromatic rings. The fraction of sp³-hybridized carbons (Fsp3) is 0.353. The van der Waals surface area contributed by atoms with E-state index in [4.69, 9.17) is 10.5 Å². The molecule has 7 heteroatoms. The first-order valence-electron chi connectivity index (χ1n) is 7.87. The number of hydrazine groups is 1. The van der Waals surface area contributed by atoms with Crippen molar-refractivity contribution in [1.29, 1.82) is 0 Å². The summed E-state index contributed by atoms with van der Waals surface area (Å²) in [6, 6.07) is 7.98. The van der Waals surface area contributed by atoms with Gasteiger partial charge >= 0.3 is 6.09 Å². The Morgan fingerprint density at radius 3 is 2.71 bits per heavy atom. The van der Waals surface area contributed by atoms with Crippen LogP contribution in [0.4, 0.5) is 10.5 Å². The van der Waals surface area contributed by atoms with Crippen LogP contribution in [0.1, 0.15) is 26.3 Å². The van der Waals surface area contributed by atoms with E-state index >= 15 is 0 Å². The molecule has 5 N–H and O–H groups in total. The van der Waals surface area contributed by atoms with Crippen LogP contribution < -0.4 is 26.8 Å². The molecule has 0 bridgehead atoms. The Labute approximate surface area is 141 Å². The lowest BCUT2D eigenvalue weighted by atomic mass is 10.2. The number of nitrogens with two attached hydrogens (primary N) is 1. The van der Waals surface area contributed by atoms with Gasteiger partial charge in [0.15, 0.2) is 0 Å². The second kappa shape index (κ2) is 6.09. The molecule has 1 aromatic carbocycles. The maximum absolute atomic E-state index is 11.7. The van der Waals surface area contributed by atoms with Gasteiger partial charge in [-0.1, -0.05) is 12.1 Å². The molecule has 3 rings (SSSR count). The number of benzene rings is 1. The van der Waals surface area contributed by atoms with Gasteiger partial charge in [-0.05, 0) is 44.5 Å². The molecule has 0 spiro atoms. The molecule has 7 nitrogen and oxygen atoms in total. The average Bonchev–Trinajstić information content (AvgIpc) is 3.07. The molecule has 2 aliphatic heterocycles. The first kappa shape index (κ1) is 16.2. The number of nitrogens with zero attached hydrogens (tertiary/aromatic N) is 1. The summed E-state index contributed by atoms with van der Waals surface area (Å²) in [6.07, 6.45) is 3.58. The summed E-state index contributed by atoms with van der Waals surface area (Å²) in [6.45, 7) is 5.94. The zero-order valence-corrected chi connectivity index (χ0v) is 14.1. The molecule has 0 saturated carbocycles. The molecular weight excluding hydrogens is 306 g/mol. The number of alkyl carbamates (subject to hydrolysis) is 1. The predicted molar refractivity (Wildman–Crippen MR) is 92.4 cm³/mol. The van der Waals surface area contributed by atoms with Crippen molar-refractivity contribution >= 4 is 11.8 Å². The lowest BCUT2D eigenvalue weighted by Crippen LogP contribution is -2.42. The molecule has 1 unspecified atom stereocenters. The topological polar surface area (TPSA) is 91.7 Å². The van der Waals surface area contributed by atoms with Crippen molar-refractivity contribution in [2.75, 3.05) is 4.90 Å². The number of hydrogen-bond donors (Lipinski definition) is 4. The van der Waals surface area contributed by atoms with Crippen LogP contribution >= 0.6 is 0 Å². The van der Waals surface area contributed by atoms with Gasteiger partial charge in [0, 0.05) is 24.0 Å². The smallest absolute Gasteiger partial charge is 0.407 e. The van der Waals surface area contributed by atoms with Crippen molar-refractivity contribution in [2.45, 2.75) is 39.1 Å². The minimum atomic E-state index is -0.495. The molecule has 1 atom stereocenters. The number of hydrogen-bond acceptors (Lipinski definition) is 6. The summed E-state index contributed by atoms with van der Waals surface area (Å²) in [5.41, 5.74) is 14.5. The normalized spacial score (nSPS) is 19.3. The third-order valence-corrected chi connectivity index (χ3v) is 3.71. The number of fused-ring (bicyclic) bond motifs is 1. The van der Waals surface area contributed by atoms with Crippen LogP contribution in [0.5, 0.6) is 0 Å². The largest absolute Gasteiger partial charge is 0.444 e. The van der Waals surface area contributed by atoms with E-state index in [0.29, 0.717) is 12.4 Å². The number of carbonyl (C=O) groups excluding carboxylic acids is 1. The van der Waals surface area contributed by atoms with Crippen molar-refractivity contribution in [3.8, 4) is 0 Å². The first-order chi connectivity index (χ1) is 11.3. The summed E-state index contributed by atoms with van der Waals surface area (Å²) >= 11 is 0. The van der Waals surface area contributed by atoms with Crippen LogP contribution in [0, 0.1) is 0 Å². The predicted octanol–water partition coefficient (Wildman–Crippen LogP) is 1.65. The minimum absolute atomic E-state index is 0.00994. The lowest BCUT2D eigenvalue weighted by Gasteiger charge is -2.24. The number of carbonyl (C=O) groups is 1. The summed E-state index contributed by atoms with van der Waals surface area (Å²) in [7, 11) is 0. The molecule has 2 aliphatic rings. The number of amides is 1. The molecule has 128 valence electrons.